The molecule has 0 bridgehead atoms. The molecule has 3 rings (SSSR count). The number of carbonyl (C=O) groups excluding carboxylic acids is 1. The van der Waals surface area contributed by atoms with Crippen LogP contribution in [-0.4, -0.2) is 56.6 Å². The maximum atomic E-state index is 12.5. The number of amides is 1. The number of aryl methyl sites for hydroxylation is 2. The zero-order chi connectivity index (χ0) is 19.4. The average molecular weight is 392 g/mol. The number of nitro groups is 1. The summed E-state index contributed by atoms with van der Waals surface area (Å²) in [6, 6.07) is 9.21. The third-order valence-electron chi connectivity index (χ3n) is 4.77. The Morgan fingerprint density at radius 3 is 2.59 bits per heavy atom. The van der Waals surface area contributed by atoms with Gasteiger partial charge in [0.2, 0.25) is 5.91 Å². The van der Waals surface area contributed by atoms with E-state index in [2.05, 4.69) is 10.00 Å². The van der Waals surface area contributed by atoms with Gasteiger partial charge in [0.15, 0.2) is 0 Å². The van der Waals surface area contributed by atoms with Gasteiger partial charge in [0.05, 0.1) is 23.4 Å². The lowest BCUT2D eigenvalue weighted by Gasteiger charge is -2.35. The predicted octanol–water partition coefficient (Wildman–Crippen LogP) is 2.49. The van der Waals surface area contributed by atoms with Crippen LogP contribution in [0.25, 0.3) is 0 Å². The molecule has 1 saturated heterocycles. The smallest absolute Gasteiger partial charge is 0.358 e. The summed E-state index contributed by atoms with van der Waals surface area (Å²) in [5.74, 6) is -0.141. The van der Waals surface area contributed by atoms with Gasteiger partial charge in [-0.2, -0.15) is 4.68 Å². The SMILES string of the molecule is Cc1cc([N+](=O)[O-])nn1CCC(=O)N1CCN(Cc2ccccc2Cl)CC1. The number of benzene rings is 1. The van der Waals surface area contributed by atoms with Crippen molar-refractivity contribution in [3.8, 4) is 0 Å². The van der Waals surface area contributed by atoms with E-state index in [1.165, 1.54) is 10.7 Å². The van der Waals surface area contributed by atoms with Gasteiger partial charge in [-0.3, -0.25) is 9.69 Å². The molecule has 0 N–H and O–H groups in total. The first kappa shape index (κ1) is 19.3. The minimum atomic E-state index is -0.524. The minimum absolute atomic E-state index is 0.0462. The largest absolute Gasteiger partial charge is 0.390 e. The standard InChI is InChI=1S/C18H22ClN5O3/c1-14-12-17(24(26)27)20-23(14)7-6-18(25)22-10-8-21(9-11-22)13-15-4-2-3-5-16(15)19/h2-5,12H,6-11,13H2,1H3. The van der Waals surface area contributed by atoms with Crippen LogP contribution in [0.5, 0.6) is 0 Å². The molecule has 0 radical (unpaired) electrons. The van der Waals surface area contributed by atoms with Crippen LogP contribution < -0.4 is 0 Å². The van der Waals surface area contributed by atoms with Crippen LogP contribution in [0.4, 0.5) is 5.82 Å². The van der Waals surface area contributed by atoms with Crippen LogP contribution in [0.3, 0.4) is 0 Å². The van der Waals surface area contributed by atoms with Gasteiger partial charge in [-0.05, 0) is 23.5 Å². The van der Waals surface area contributed by atoms with Gasteiger partial charge in [-0.25, -0.2) is 0 Å². The summed E-state index contributed by atoms with van der Waals surface area (Å²) in [5, 5.41) is 15.5. The van der Waals surface area contributed by atoms with Crippen molar-refractivity contribution >= 4 is 23.3 Å². The van der Waals surface area contributed by atoms with Crippen molar-refractivity contribution in [3.05, 3.63) is 56.7 Å². The van der Waals surface area contributed by atoms with E-state index < -0.39 is 4.92 Å². The first-order valence-electron chi connectivity index (χ1n) is 8.86. The van der Waals surface area contributed by atoms with E-state index >= 15 is 0 Å². The van der Waals surface area contributed by atoms with Crippen LogP contribution in [-0.2, 0) is 17.9 Å². The molecule has 9 heteroatoms. The summed E-state index contributed by atoms with van der Waals surface area (Å²) in [4.78, 5) is 26.8. The Bertz CT molecular complexity index is 830. The van der Waals surface area contributed by atoms with Gasteiger partial charge >= 0.3 is 5.82 Å². The molecule has 0 atom stereocenters. The van der Waals surface area contributed by atoms with Crippen LogP contribution in [0.2, 0.25) is 5.02 Å². The normalized spacial score (nSPS) is 15.1. The summed E-state index contributed by atoms with van der Waals surface area (Å²) < 4.78 is 1.52. The molecule has 1 amide bonds. The Balaban J connectivity index is 1.47. The second-order valence-electron chi connectivity index (χ2n) is 6.62. The summed E-state index contributed by atoms with van der Waals surface area (Å²) in [6.07, 6.45) is 0.282. The zero-order valence-corrected chi connectivity index (χ0v) is 15.9. The molecule has 1 aromatic carbocycles. The lowest BCUT2D eigenvalue weighted by Crippen LogP contribution is -2.48. The van der Waals surface area contributed by atoms with Gasteiger partial charge in [0.1, 0.15) is 0 Å². The van der Waals surface area contributed by atoms with Gasteiger partial charge in [-0.15, -0.1) is 0 Å². The first-order valence-corrected chi connectivity index (χ1v) is 9.24. The molecule has 0 unspecified atom stereocenters. The molecule has 1 aliphatic heterocycles. The van der Waals surface area contributed by atoms with E-state index in [1.54, 1.807) is 6.92 Å². The van der Waals surface area contributed by atoms with E-state index in [1.807, 2.05) is 29.2 Å². The van der Waals surface area contributed by atoms with Crippen molar-refractivity contribution < 1.29 is 9.72 Å². The number of aromatic nitrogens is 2. The highest BCUT2D eigenvalue weighted by atomic mass is 35.5. The summed E-state index contributed by atoms with van der Waals surface area (Å²) in [7, 11) is 0. The van der Waals surface area contributed by atoms with E-state index in [0.29, 0.717) is 25.3 Å². The molecule has 27 heavy (non-hydrogen) atoms. The van der Waals surface area contributed by atoms with Crippen molar-refractivity contribution in [2.75, 3.05) is 26.2 Å². The van der Waals surface area contributed by atoms with Crippen molar-refractivity contribution in [1.29, 1.82) is 0 Å². The van der Waals surface area contributed by atoms with Crippen molar-refractivity contribution in [2.45, 2.75) is 26.4 Å². The molecular formula is C18H22ClN5O3. The Morgan fingerprint density at radius 2 is 1.96 bits per heavy atom. The van der Waals surface area contributed by atoms with E-state index in [-0.39, 0.29) is 18.1 Å². The molecule has 144 valence electrons. The van der Waals surface area contributed by atoms with Crippen molar-refractivity contribution in [1.82, 2.24) is 19.6 Å². The number of carbonyl (C=O) groups is 1. The number of halogens is 1. The lowest BCUT2D eigenvalue weighted by molar-refractivity contribution is -0.389. The van der Waals surface area contributed by atoms with Crippen LogP contribution >= 0.6 is 11.6 Å². The fourth-order valence-electron chi connectivity index (χ4n) is 3.19. The Kier molecular flexibility index (Phi) is 6.08. The summed E-state index contributed by atoms with van der Waals surface area (Å²) in [6.45, 7) is 5.80. The summed E-state index contributed by atoms with van der Waals surface area (Å²) >= 11 is 6.21. The first-order chi connectivity index (χ1) is 12.9. The van der Waals surface area contributed by atoms with Crippen molar-refractivity contribution in [2.24, 2.45) is 0 Å². The fourth-order valence-corrected chi connectivity index (χ4v) is 3.39. The van der Waals surface area contributed by atoms with Gasteiger partial charge in [-0.1, -0.05) is 29.8 Å². The molecule has 0 spiro atoms. The lowest BCUT2D eigenvalue weighted by atomic mass is 10.2. The Hall–Kier alpha value is -2.45. The van der Waals surface area contributed by atoms with Crippen LogP contribution in [0.15, 0.2) is 30.3 Å². The maximum Gasteiger partial charge on any atom is 0.390 e. The number of rotatable bonds is 6. The van der Waals surface area contributed by atoms with Gasteiger partial charge < -0.3 is 15.0 Å². The Labute approximate surface area is 162 Å². The molecule has 2 heterocycles. The monoisotopic (exact) mass is 391 g/mol. The van der Waals surface area contributed by atoms with E-state index in [4.69, 9.17) is 11.6 Å². The Morgan fingerprint density at radius 1 is 1.26 bits per heavy atom. The molecule has 1 fully saturated rings. The predicted molar refractivity (Wildman–Crippen MR) is 102 cm³/mol. The molecule has 1 aromatic heterocycles. The highest BCUT2D eigenvalue weighted by Gasteiger charge is 2.22. The van der Waals surface area contributed by atoms with E-state index in [0.717, 1.165) is 30.2 Å². The van der Waals surface area contributed by atoms with Gasteiger partial charge in [0.25, 0.3) is 0 Å². The topological polar surface area (TPSA) is 84.5 Å². The second-order valence-corrected chi connectivity index (χ2v) is 7.03. The number of hydrogen-bond acceptors (Lipinski definition) is 5. The number of piperazine rings is 1. The molecule has 8 nitrogen and oxygen atoms in total. The second kappa shape index (κ2) is 8.49. The third-order valence-corrected chi connectivity index (χ3v) is 5.14. The van der Waals surface area contributed by atoms with Crippen molar-refractivity contribution in [3.63, 3.8) is 0 Å². The molecule has 0 saturated carbocycles. The molecule has 1 aliphatic rings. The average Bonchev–Trinajstić information content (AvgIpc) is 3.03. The third kappa shape index (κ3) is 4.84. The highest BCUT2D eigenvalue weighted by molar-refractivity contribution is 6.31. The quantitative estimate of drug-likeness (QED) is 0.558. The molecule has 0 aliphatic carbocycles. The summed E-state index contributed by atoms with van der Waals surface area (Å²) in [5.41, 5.74) is 1.77. The number of hydrogen-bond donors (Lipinski definition) is 0. The molecular weight excluding hydrogens is 370 g/mol. The molecule has 2 aromatic rings. The maximum absolute atomic E-state index is 12.5. The minimum Gasteiger partial charge on any atom is -0.358 e. The number of nitrogens with zero attached hydrogens (tertiary/aromatic N) is 5. The van der Waals surface area contributed by atoms with Crippen LogP contribution in [0.1, 0.15) is 17.7 Å². The highest BCUT2D eigenvalue weighted by Crippen LogP contribution is 2.18. The zero-order valence-electron chi connectivity index (χ0n) is 15.2. The van der Waals surface area contributed by atoms with Gasteiger partial charge in [0, 0.05) is 44.2 Å². The van der Waals surface area contributed by atoms with E-state index in [9.17, 15) is 14.9 Å². The fraction of sp³-hybridized carbons (Fsp3) is 0.444. The van der Waals surface area contributed by atoms with Crippen LogP contribution in [0, 0.1) is 17.0 Å².